The highest BCUT2D eigenvalue weighted by atomic mass is 16.2. The van der Waals surface area contributed by atoms with Gasteiger partial charge in [-0.3, -0.25) is 24.3 Å². The van der Waals surface area contributed by atoms with Gasteiger partial charge in [-0.25, -0.2) is 0 Å². The summed E-state index contributed by atoms with van der Waals surface area (Å²) in [5, 5.41) is 2.17. The number of nitrogens with one attached hydrogen (secondary N) is 1. The summed E-state index contributed by atoms with van der Waals surface area (Å²) in [5.74, 6) is -1.19. The van der Waals surface area contributed by atoms with Crippen LogP contribution in [0.15, 0.2) is 35.1 Å². The number of nitrogen functional groups attached to an aromatic ring is 1. The molecule has 2 aromatic rings. The Labute approximate surface area is 162 Å². The molecular formula is C20H23N5O3. The first-order chi connectivity index (χ1) is 13.4. The molecule has 2 amide bonds. The number of benzene rings is 1. The summed E-state index contributed by atoms with van der Waals surface area (Å²) in [7, 11) is 4.23. The van der Waals surface area contributed by atoms with Gasteiger partial charge in [-0.15, -0.1) is 0 Å². The van der Waals surface area contributed by atoms with E-state index in [0.29, 0.717) is 11.7 Å². The lowest BCUT2D eigenvalue weighted by atomic mass is 10.0. The van der Waals surface area contributed by atoms with Gasteiger partial charge in [0.2, 0.25) is 0 Å². The van der Waals surface area contributed by atoms with Gasteiger partial charge in [-0.05, 0) is 51.2 Å². The molecule has 1 saturated heterocycles. The molecule has 0 aliphatic carbocycles. The van der Waals surface area contributed by atoms with E-state index in [0.717, 1.165) is 37.7 Å². The smallest absolute Gasteiger partial charge is 0.262 e. The number of anilines is 2. The number of nitrogens with two attached hydrogens (primary N) is 1. The van der Waals surface area contributed by atoms with Crippen molar-refractivity contribution < 1.29 is 9.59 Å². The fraction of sp³-hybridized carbons (Fsp3) is 0.350. The van der Waals surface area contributed by atoms with Crippen LogP contribution in [0.3, 0.4) is 0 Å². The van der Waals surface area contributed by atoms with Crippen molar-refractivity contribution in [2.24, 2.45) is 0 Å². The van der Waals surface area contributed by atoms with Crippen LogP contribution >= 0.6 is 0 Å². The third kappa shape index (κ3) is 2.95. The Morgan fingerprint density at radius 3 is 2.21 bits per heavy atom. The molecule has 28 heavy (non-hydrogen) atoms. The van der Waals surface area contributed by atoms with E-state index in [-0.39, 0.29) is 16.9 Å². The zero-order valence-electron chi connectivity index (χ0n) is 15.9. The second-order valence-electron chi connectivity index (χ2n) is 7.47. The molecule has 1 fully saturated rings. The Morgan fingerprint density at radius 2 is 1.61 bits per heavy atom. The minimum absolute atomic E-state index is 0.0228. The van der Waals surface area contributed by atoms with Crippen LogP contribution in [-0.2, 0) is 0 Å². The fourth-order valence-electron chi connectivity index (χ4n) is 4.00. The largest absolute Gasteiger partial charge is 0.384 e. The molecule has 1 aromatic heterocycles. The van der Waals surface area contributed by atoms with E-state index in [1.165, 1.54) is 4.57 Å². The SMILES string of the molecule is CN(C)C1CCN(c2ccc(-n3c(N)c4c(cc3=O)C(=O)NC4=O)cc2)CC1. The minimum Gasteiger partial charge on any atom is -0.384 e. The second kappa shape index (κ2) is 6.79. The van der Waals surface area contributed by atoms with E-state index in [1.807, 2.05) is 24.3 Å². The predicted molar refractivity (Wildman–Crippen MR) is 107 cm³/mol. The van der Waals surface area contributed by atoms with E-state index in [4.69, 9.17) is 5.73 Å². The summed E-state index contributed by atoms with van der Waals surface area (Å²) in [6.07, 6.45) is 2.21. The third-order valence-electron chi connectivity index (χ3n) is 5.62. The van der Waals surface area contributed by atoms with Gasteiger partial charge < -0.3 is 15.5 Å². The van der Waals surface area contributed by atoms with Crippen molar-refractivity contribution in [3.05, 3.63) is 51.8 Å². The quantitative estimate of drug-likeness (QED) is 0.764. The molecule has 0 saturated carbocycles. The lowest BCUT2D eigenvalue weighted by molar-refractivity contribution is 0.0880. The Hall–Kier alpha value is -3.13. The number of rotatable bonds is 3. The van der Waals surface area contributed by atoms with Crippen molar-refractivity contribution in [2.75, 3.05) is 37.8 Å². The molecule has 3 heterocycles. The molecule has 0 unspecified atom stereocenters. The summed E-state index contributed by atoms with van der Waals surface area (Å²) in [4.78, 5) is 40.9. The van der Waals surface area contributed by atoms with Crippen molar-refractivity contribution in [1.29, 1.82) is 0 Å². The molecule has 2 aliphatic heterocycles. The summed E-state index contributed by atoms with van der Waals surface area (Å²) < 4.78 is 1.26. The van der Waals surface area contributed by atoms with Crippen molar-refractivity contribution in [3.63, 3.8) is 0 Å². The summed E-state index contributed by atoms with van der Waals surface area (Å²) in [6, 6.07) is 9.30. The van der Waals surface area contributed by atoms with Gasteiger partial charge in [0.1, 0.15) is 5.82 Å². The van der Waals surface area contributed by atoms with Crippen LogP contribution in [0, 0.1) is 0 Å². The highest BCUT2D eigenvalue weighted by Crippen LogP contribution is 2.26. The number of aromatic nitrogens is 1. The van der Waals surface area contributed by atoms with E-state index in [2.05, 4.69) is 29.2 Å². The zero-order valence-corrected chi connectivity index (χ0v) is 15.9. The Balaban J connectivity index is 1.62. The van der Waals surface area contributed by atoms with Gasteiger partial charge in [0.05, 0.1) is 16.8 Å². The Morgan fingerprint density at radius 1 is 1.00 bits per heavy atom. The average Bonchev–Trinajstić information content (AvgIpc) is 2.96. The standard InChI is InChI=1S/C20H23N5O3/c1-23(2)12-7-9-24(10-8-12)13-3-5-14(6-4-13)25-16(26)11-15-17(18(25)21)20(28)22-19(15)27/h3-6,11-12H,7-10,21H2,1-2H3,(H,22,27,28). The van der Waals surface area contributed by atoms with Gasteiger partial charge in [-0.2, -0.15) is 0 Å². The topological polar surface area (TPSA) is 101 Å². The number of carbonyl (C=O) groups excluding carboxylic acids is 2. The first kappa shape index (κ1) is 18.2. The molecule has 0 radical (unpaired) electrons. The number of hydrogen-bond donors (Lipinski definition) is 2. The second-order valence-corrected chi connectivity index (χ2v) is 7.47. The molecule has 0 bridgehead atoms. The molecule has 146 valence electrons. The highest BCUT2D eigenvalue weighted by Gasteiger charge is 2.31. The normalized spacial score (nSPS) is 17.2. The summed E-state index contributed by atoms with van der Waals surface area (Å²) >= 11 is 0. The number of nitrogens with zero attached hydrogens (tertiary/aromatic N) is 3. The summed E-state index contributed by atoms with van der Waals surface area (Å²) in [5.41, 5.74) is 7.37. The minimum atomic E-state index is -0.590. The molecule has 0 atom stereocenters. The average molecular weight is 381 g/mol. The van der Waals surface area contributed by atoms with E-state index < -0.39 is 17.4 Å². The van der Waals surface area contributed by atoms with Crippen molar-refractivity contribution in [1.82, 2.24) is 14.8 Å². The third-order valence-corrected chi connectivity index (χ3v) is 5.62. The molecule has 2 aliphatic rings. The van der Waals surface area contributed by atoms with E-state index in [1.54, 1.807) is 0 Å². The van der Waals surface area contributed by atoms with Gasteiger partial charge in [0.15, 0.2) is 0 Å². The fourth-order valence-corrected chi connectivity index (χ4v) is 4.00. The monoisotopic (exact) mass is 381 g/mol. The van der Waals surface area contributed by atoms with Crippen LogP contribution in [-0.4, -0.2) is 54.5 Å². The maximum Gasteiger partial charge on any atom is 0.262 e. The van der Waals surface area contributed by atoms with Crippen LogP contribution in [0.4, 0.5) is 11.5 Å². The van der Waals surface area contributed by atoms with Crippen LogP contribution in [0.5, 0.6) is 0 Å². The molecule has 3 N–H and O–H groups in total. The van der Waals surface area contributed by atoms with Crippen LogP contribution in [0.25, 0.3) is 5.69 Å². The zero-order chi connectivity index (χ0) is 20.0. The molecule has 8 heteroatoms. The van der Waals surface area contributed by atoms with Crippen molar-refractivity contribution in [2.45, 2.75) is 18.9 Å². The van der Waals surface area contributed by atoms with Gasteiger partial charge in [-0.1, -0.05) is 0 Å². The Bertz CT molecular complexity index is 1000. The van der Waals surface area contributed by atoms with E-state index in [9.17, 15) is 14.4 Å². The molecular weight excluding hydrogens is 358 g/mol. The predicted octanol–water partition coefficient (Wildman–Crippen LogP) is 0.834. The molecule has 8 nitrogen and oxygen atoms in total. The lowest BCUT2D eigenvalue weighted by Crippen LogP contribution is -2.41. The van der Waals surface area contributed by atoms with Crippen LogP contribution in [0.2, 0.25) is 0 Å². The number of piperidine rings is 1. The molecule has 0 spiro atoms. The number of fused-ring (bicyclic) bond motifs is 1. The Kier molecular flexibility index (Phi) is 4.43. The first-order valence-electron chi connectivity index (χ1n) is 9.30. The number of pyridine rings is 1. The number of amides is 2. The maximum atomic E-state index is 12.5. The molecule has 4 rings (SSSR count). The number of imide groups is 1. The van der Waals surface area contributed by atoms with Crippen molar-refractivity contribution >= 4 is 23.3 Å². The number of hydrogen-bond acceptors (Lipinski definition) is 6. The maximum absolute atomic E-state index is 12.5. The highest BCUT2D eigenvalue weighted by molar-refractivity contribution is 6.23. The van der Waals surface area contributed by atoms with Gasteiger partial charge in [0.25, 0.3) is 17.4 Å². The van der Waals surface area contributed by atoms with Gasteiger partial charge >= 0.3 is 0 Å². The summed E-state index contributed by atoms with van der Waals surface area (Å²) in [6.45, 7) is 1.96. The first-order valence-corrected chi connectivity index (χ1v) is 9.30. The van der Waals surface area contributed by atoms with Gasteiger partial charge in [0, 0.05) is 30.9 Å². The van der Waals surface area contributed by atoms with E-state index >= 15 is 0 Å². The van der Waals surface area contributed by atoms with Crippen LogP contribution < -0.4 is 21.5 Å². The molecule has 1 aromatic carbocycles. The number of carbonyl (C=O) groups is 2. The van der Waals surface area contributed by atoms with Crippen molar-refractivity contribution in [3.8, 4) is 5.69 Å². The van der Waals surface area contributed by atoms with Crippen LogP contribution in [0.1, 0.15) is 33.6 Å². The lowest BCUT2D eigenvalue weighted by Gasteiger charge is -2.36.